The van der Waals surface area contributed by atoms with E-state index in [2.05, 4.69) is 6.58 Å². The second kappa shape index (κ2) is 5.20. The molecule has 0 aliphatic heterocycles. The average molecular weight is 256 g/mol. The molecule has 2 fully saturated rings. The van der Waals surface area contributed by atoms with Gasteiger partial charge in [0.25, 0.3) is 0 Å². The van der Waals surface area contributed by atoms with Gasteiger partial charge in [-0.05, 0) is 48.7 Å². The van der Waals surface area contributed by atoms with Gasteiger partial charge in [0.1, 0.15) is 6.10 Å². The fourth-order valence-electron chi connectivity index (χ4n) is 3.49. The number of hydrogen-bond acceptors (Lipinski definition) is 2. The molecule has 0 amide bonds. The van der Waals surface area contributed by atoms with Crippen molar-refractivity contribution in [3.05, 3.63) is 42.5 Å². The van der Waals surface area contributed by atoms with E-state index in [1.54, 1.807) is 0 Å². The largest absolute Gasteiger partial charge is 0.462 e. The molecule has 0 radical (unpaired) electrons. The van der Waals surface area contributed by atoms with Crippen molar-refractivity contribution in [2.45, 2.75) is 38.2 Å². The Balaban J connectivity index is 1.53. The molecule has 3 rings (SSSR count). The zero-order valence-electron chi connectivity index (χ0n) is 11.2. The summed E-state index contributed by atoms with van der Waals surface area (Å²) in [5.41, 5.74) is 1.86. The van der Waals surface area contributed by atoms with Crippen molar-refractivity contribution >= 4 is 11.5 Å². The van der Waals surface area contributed by atoms with Crippen molar-refractivity contribution in [2.75, 3.05) is 0 Å². The number of carbonyl (C=O) groups excluding carboxylic acids is 1. The van der Waals surface area contributed by atoms with Crippen LogP contribution in [0.15, 0.2) is 36.9 Å². The van der Waals surface area contributed by atoms with Gasteiger partial charge in [0.15, 0.2) is 0 Å². The van der Waals surface area contributed by atoms with Gasteiger partial charge in [0, 0.05) is 0 Å². The van der Waals surface area contributed by atoms with Gasteiger partial charge >= 0.3 is 5.97 Å². The molecule has 2 nitrogen and oxygen atoms in total. The van der Waals surface area contributed by atoms with E-state index in [4.69, 9.17) is 4.74 Å². The summed E-state index contributed by atoms with van der Waals surface area (Å²) in [5.74, 6) is 1.31. The third kappa shape index (κ3) is 2.73. The first-order valence-electron chi connectivity index (χ1n) is 7.15. The van der Waals surface area contributed by atoms with Crippen LogP contribution in [-0.2, 0) is 9.53 Å². The first kappa shape index (κ1) is 12.5. The third-order valence-electron chi connectivity index (χ3n) is 4.50. The minimum atomic E-state index is -0.119. The number of rotatable bonds is 4. The SMILES string of the molecule is C=C(CC(=O)OC1CC2CCC1C2)c1ccccc1. The molecule has 3 atom stereocenters. The molecule has 0 aromatic heterocycles. The molecule has 0 heterocycles. The number of hydrogen-bond donors (Lipinski definition) is 0. The van der Waals surface area contributed by atoms with Gasteiger partial charge in [-0.15, -0.1) is 0 Å². The molecule has 0 spiro atoms. The summed E-state index contributed by atoms with van der Waals surface area (Å²) in [7, 11) is 0. The van der Waals surface area contributed by atoms with Crippen LogP contribution < -0.4 is 0 Å². The Bertz CT molecular complexity index is 477. The van der Waals surface area contributed by atoms with Crippen LogP contribution in [0.4, 0.5) is 0 Å². The van der Waals surface area contributed by atoms with Crippen LogP contribution in [0, 0.1) is 11.8 Å². The van der Waals surface area contributed by atoms with E-state index in [1.165, 1.54) is 19.3 Å². The molecular formula is C17H20O2. The van der Waals surface area contributed by atoms with Crippen LogP contribution in [0.2, 0.25) is 0 Å². The lowest BCUT2D eigenvalue weighted by Gasteiger charge is -2.22. The van der Waals surface area contributed by atoms with Crippen molar-refractivity contribution in [3.8, 4) is 0 Å². The van der Waals surface area contributed by atoms with Crippen LogP contribution in [0.25, 0.3) is 5.57 Å². The molecule has 100 valence electrons. The van der Waals surface area contributed by atoms with Crippen LogP contribution in [0.3, 0.4) is 0 Å². The number of esters is 1. The fraction of sp³-hybridized carbons (Fsp3) is 0.471. The van der Waals surface area contributed by atoms with Gasteiger partial charge in [0.2, 0.25) is 0 Å². The highest BCUT2D eigenvalue weighted by atomic mass is 16.5. The Hall–Kier alpha value is -1.57. The molecule has 2 aliphatic carbocycles. The van der Waals surface area contributed by atoms with E-state index in [0.29, 0.717) is 12.3 Å². The van der Waals surface area contributed by atoms with Crippen molar-refractivity contribution in [3.63, 3.8) is 0 Å². The van der Waals surface area contributed by atoms with Crippen molar-refractivity contribution in [2.24, 2.45) is 11.8 Å². The maximum absolute atomic E-state index is 12.0. The Morgan fingerprint density at radius 1 is 1.21 bits per heavy atom. The minimum absolute atomic E-state index is 0.119. The molecule has 2 aliphatic rings. The van der Waals surface area contributed by atoms with E-state index in [-0.39, 0.29) is 12.1 Å². The Labute approximate surface area is 114 Å². The van der Waals surface area contributed by atoms with E-state index in [1.807, 2.05) is 30.3 Å². The number of benzene rings is 1. The maximum Gasteiger partial charge on any atom is 0.310 e. The van der Waals surface area contributed by atoms with Crippen LogP contribution in [0.1, 0.15) is 37.7 Å². The quantitative estimate of drug-likeness (QED) is 0.765. The predicted octanol–water partition coefficient (Wildman–Crippen LogP) is 3.82. The zero-order valence-corrected chi connectivity index (χ0v) is 11.2. The smallest absolute Gasteiger partial charge is 0.310 e. The summed E-state index contributed by atoms with van der Waals surface area (Å²) in [6.07, 6.45) is 5.39. The molecular weight excluding hydrogens is 236 g/mol. The summed E-state index contributed by atoms with van der Waals surface area (Å²) >= 11 is 0. The van der Waals surface area contributed by atoms with Gasteiger partial charge in [-0.2, -0.15) is 0 Å². The van der Waals surface area contributed by atoms with Crippen molar-refractivity contribution in [1.82, 2.24) is 0 Å². The van der Waals surface area contributed by atoms with Crippen molar-refractivity contribution in [1.29, 1.82) is 0 Å². The van der Waals surface area contributed by atoms with Crippen LogP contribution in [-0.4, -0.2) is 12.1 Å². The minimum Gasteiger partial charge on any atom is -0.462 e. The van der Waals surface area contributed by atoms with E-state index < -0.39 is 0 Å². The highest BCUT2D eigenvalue weighted by molar-refractivity contribution is 5.84. The molecule has 2 saturated carbocycles. The second-order valence-corrected chi connectivity index (χ2v) is 5.85. The summed E-state index contributed by atoms with van der Waals surface area (Å²) in [4.78, 5) is 12.0. The fourth-order valence-corrected chi connectivity index (χ4v) is 3.49. The summed E-state index contributed by atoms with van der Waals surface area (Å²) in [5, 5.41) is 0. The van der Waals surface area contributed by atoms with Gasteiger partial charge in [-0.1, -0.05) is 36.9 Å². The zero-order chi connectivity index (χ0) is 13.2. The van der Waals surface area contributed by atoms with Crippen LogP contribution >= 0.6 is 0 Å². The predicted molar refractivity (Wildman–Crippen MR) is 75.4 cm³/mol. The monoisotopic (exact) mass is 256 g/mol. The highest BCUT2D eigenvalue weighted by Gasteiger charge is 2.41. The summed E-state index contributed by atoms with van der Waals surface area (Å²) in [6.45, 7) is 3.99. The van der Waals surface area contributed by atoms with Gasteiger partial charge < -0.3 is 4.74 Å². The van der Waals surface area contributed by atoms with Crippen molar-refractivity contribution < 1.29 is 9.53 Å². The first-order valence-corrected chi connectivity index (χ1v) is 7.15. The normalized spacial score (nSPS) is 28.3. The number of carbonyl (C=O) groups is 1. The number of fused-ring (bicyclic) bond motifs is 2. The lowest BCUT2D eigenvalue weighted by molar-refractivity contribution is -0.150. The first-order chi connectivity index (χ1) is 9.22. The summed E-state index contributed by atoms with van der Waals surface area (Å²) in [6, 6.07) is 9.84. The average Bonchev–Trinajstić information content (AvgIpc) is 3.02. The van der Waals surface area contributed by atoms with Gasteiger partial charge in [-0.25, -0.2) is 0 Å². The molecule has 19 heavy (non-hydrogen) atoms. The molecule has 2 heteroatoms. The van der Waals surface area contributed by atoms with Gasteiger partial charge in [-0.3, -0.25) is 4.79 Å². The molecule has 0 saturated heterocycles. The van der Waals surface area contributed by atoms with E-state index in [0.717, 1.165) is 23.5 Å². The Morgan fingerprint density at radius 2 is 2.00 bits per heavy atom. The van der Waals surface area contributed by atoms with E-state index in [9.17, 15) is 4.79 Å². The lowest BCUT2D eigenvalue weighted by Crippen LogP contribution is -2.24. The lowest BCUT2D eigenvalue weighted by atomic mass is 9.97. The maximum atomic E-state index is 12.0. The topological polar surface area (TPSA) is 26.3 Å². The Morgan fingerprint density at radius 3 is 2.63 bits per heavy atom. The summed E-state index contributed by atoms with van der Waals surface area (Å²) < 4.78 is 5.64. The molecule has 3 unspecified atom stereocenters. The third-order valence-corrected chi connectivity index (χ3v) is 4.50. The van der Waals surface area contributed by atoms with E-state index >= 15 is 0 Å². The molecule has 1 aromatic carbocycles. The highest BCUT2D eigenvalue weighted by Crippen LogP contribution is 2.46. The van der Waals surface area contributed by atoms with Gasteiger partial charge in [0.05, 0.1) is 6.42 Å². The molecule has 2 bridgehead atoms. The Kier molecular flexibility index (Phi) is 3.41. The molecule has 0 N–H and O–H groups in total. The second-order valence-electron chi connectivity index (χ2n) is 5.85. The molecule has 1 aromatic rings. The number of ether oxygens (including phenoxy) is 1. The van der Waals surface area contributed by atoms with Crippen LogP contribution in [0.5, 0.6) is 0 Å². The standard InChI is InChI=1S/C17H20O2/c1-12(14-5-3-2-4-6-14)9-17(18)19-16-11-13-7-8-15(16)10-13/h2-6,13,15-16H,1,7-11H2.